The quantitative estimate of drug-likeness (QED) is 0.462. The number of barbiturate groups is 1. The Labute approximate surface area is 181 Å². The third-order valence-corrected chi connectivity index (χ3v) is 5.93. The molecule has 2 aromatic carbocycles. The lowest BCUT2D eigenvalue weighted by atomic mass is 10.1. The van der Waals surface area contributed by atoms with Gasteiger partial charge in [-0.25, -0.2) is 4.79 Å². The van der Waals surface area contributed by atoms with Crippen molar-refractivity contribution < 1.29 is 17.2 Å². The lowest BCUT2D eigenvalue weighted by Crippen LogP contribution is -2.55. The first-order chi connectivity index (χ1) is 15.1. The van der Waals surface area contributed by atoms with Gasteiger partial charge in [0.25, 0.3) is 0 Å². The Balaban J connectivity index is 0.00000153. The molecule has 0 radical (unpaired) electrons. The maximum absolute atomic E-state index is 13.0. The van der Waals surface area contributed by atoms with E-state index in [4.69, 9.17) is 0 Å². The molecule has 2 aromatic heterocycles. The van der Waals surface area contributed by atoms with Crippen LogP contribution in [0.5, 0.6) is 0 Å². The highest BCUT2D eigenvalue weighted by Gasteiger charge is 2.37. The molecular formula is C24H26N4O3. The number of rotatable bonds is 6. The second kappa shape index (κ2) is 7.75. The van der Waals surface area contributed by atoms with Crippen molar-refractivity contribution in [3.8, 4) is 0 Å². The zero-order valence-corrected chi connectivity index (χ0v) is 16.9. The summed E-state index contributed by atoms with van der Waals surface area (Å²) in [6, 6.07) is 15.3. The van der Waals surface area contributed by atoms with Crippen LogP contribution in [0.15, 0.2) is 60.9 Å². The van der Waals surface area contributed by atoms with Crippen molar-refractivity contribution in [2.45, 2.75) is 19.3 Å². The summed E-state index contributed by atoms with van der Waals surface area (Å²) in [7, 11) is 0. The van der Waals surface area contributed by atoms with E-state index in [2.05, 4.69) is 9.97 Å². The molecule has 0 saturated carbocycles. The number of hydrogen-bond acceptors (Lipinski definition) is 3. The van der Waals surface area contributed by atoms with E-state index in [9.17, 15) is 14.4 Å². The summed E-state index contributed by atoms with van der Waals surface area (Å²) in [5.41, 5.74) is 4.12. The fourth-order valence-electron chi connectivity index (χ4n) is 4.26. The summed E-state index contributed by atoms with van der Waals surface area (Å²) in [6.45, 7) is 0.493. The van der Waals surface area contributed by atoms with Gasteiger partial charge in [-0.05, 0) is 36.1 Å². The van der Waals surface area contributed by atoms with Gasteiger partial charge in [-0.1, -0.05) is 36.4 Å². The SMILES string of the molecule is O=C1CC(=O)N(CCc2c[nH]c3ccccc23)C(=O)N1CCc1c[nH]c2ccccc12.[HH].[HH]. The van der Waals surface area contributed by atoms with Crippen LogP contribution in [0, 0.1) is 0 Å². The van der Waals surface area contributed by atoms with E-state index in [1.807, 2.05) is 60.9 Å². The van der Waals surface area contributed by atoms with Crippen LogP contribution in [0.3, 0.4) is 0 Å². The molecule has 7 nitrogen and oxygen atoms in total. The number of nitrogens with zero attached hydrogens (tertiary/aromatic N) is 2. The number of hydrogen-bond donors (Lipinski definition) is 2. The Bertz CT molecular complexity index is 1220. The van der Waals surface area contributed by atoms with Crippen LogP contribution in [0.25, 0.3) is 21.8 Å². The number of carbonyl (C=O) groups is 3. The van der Waals surface area contributed by atoms with Crippen LogP contribution < -0.4 is 0 Å². The number of benzene rings is 2. The van der Waals surface area contributed by atoms with Gasteiger partial charge in [0, 0.05) is 50.1 Å². The second-order valence-corrected chi connectivity index (χ2v) is 7.77. The fourth-order valence-corrected chi connectivity index (χ4v) is 4.26. The van der Waals surface area contributed by atoms with Crippen LogP contribution in [-0.4, -0.2) is 50.7 Å². The molecule has 3 heterocycles. The van der Waals surface area contributed by atoms with Gasteiger partial charge in [0.05, 0.1) is 0 Å². The Morgan fingerprint density at radius 1 is 0.710 bits per heavy atom. The molecule has 0 unspecified atom stereocenters. The summed E-state index contributed by atoms with van der Waals surface area (Å²) in [6.07, 6.45) is 4.61. The lowest BCUT2D eigenvalue weighted by Gasteiger charge is -2.32. The number of imide groups is 2. The highest BCUT2D eigenvalue weighted by molar-refractivity contribution is 6.14. The molecule has 2 N–H and O–H groups in total. The molecule has 5 rings (SSSR count). The van der Waals surface area contributed by atoms with Gasteiger partial charge in [0.1, 0.15) is 6.42 Å². The lowest BCUT2D eigenvalue weighted by molar-refractivity contribution is -0.142. The number of para-hydroxylation sites is 2. The van der Waals surface area contributed by atoms with Gasteiger partial charge in [-0.3, -0.25) is 19.4 Å². The highest BCUT2D eigenvalue weighted by Crippen LogP contribution is 2.22. The van der Waals surface area contributed by atoms with E-state index < -0.39 is 17.8 Å². The second-order valence-electron chi connectivity index (χ2n) is 7.77. The van der Waals surface area contributed by atoms with E-state index in [-0.39, 0.29) is 22.4 Å². The Kier molecular flexibility index (Phi) is 4.78. The van der Waals surface area contributed by atoms with Crippen LogP contribution in [0.2, 0.25) is 0 Å². The number of aromatic amines is 2. The minimum atomic E-state index is -0.527. The normalized spacial score (nSPS) is 14.9. The molecule has 0 spiro atoms. The number of fused-ring (bicyclic) bond motifs is 2. The monoisotopic (exact) mass is 418 g/mol. The topological polar surface area (TPSA) is 89.3 Å². The first-order valence-corrected chi connectivity index (χ1v) is 10.4. The Hall–Kier alpha value is -3.87. The summed E-state index contributed by atoms with van der Waals surface area (Å²) in [5, 5.41) is 2.15. The summed E-state index contributed by atoms with van der Waals surface area (Å²) in [5.74, 6) is -0.864. The van der Waals surface area contributed by atoms with Crippen molar-refractivity contribution in [3.63, 3.8) is 0 Å². The molecule has 1 saturated heterocycles. The summed E-state index contributed by atoms with van der Waals surface area (Å²) in [4.78, 5) is 46.7. The van der Waals surface area contributed by atoms with Crippen molar-refractivity contribution in [1.82, 2.24) is 19.8 Å². The largest absolute Gasteiger partial charge is 0.361 e. The molecule has 0 atom stereocenters. The minimum absolute atomic E-state index is 0. The number of carbonyl (C=O) groups excluding carboxylic acids is 3. The zero-order chi connectivity index (χ0) is 21.4. The summed E-state index contributed by atoms with van der Waals surface area (Å²) < 4.78 is 0. The minimum Gasteiger partial charge on any atom is -0.361 e. The van der Waals surface area contributed by atoms with Gasteiger partial charge in [0.15, 0.2) is 0 Å². The van der Waals surface area contributed by atoms with Crippen molar-refractivity contribution in [3.05, 3.63) is 72.1 Å². The van der Waals surface area contributed by atoms with Gasteiger partial charge in [0.2, 0.25) is 11.8 Å². The number of H-pyrrole nitrogens is 2. The maximum atomic E-state index is 13.0. The molecule has 7 heteroatoms. The highest BCUT2D eigenvalue weighted by atomic mass is 16.2. The number of amides is 4. The maximum Gasteiger partial charge on any atom is 0.333 e. The molecular weight excluding hydrogens is 392 g/mol. The van der Waals surface area contributed by atoms with Crippen LogP contribution in [0.1, 0.15) is 20.4 Å². The number of urea groups is 1. The van der Waals surface area contributed by atoms with Crippen molar-refractivity contribution >= 4 is 39.7 Å². The number of nitrogens with one attached hydrogen (secondary N) is 2. The van der Waals surface area contributed by atoms with Crippen LogP contribution >= 0.6 is 0 Å². The third-order valence-electron chi connectivity index (χ3n) is 5.93. The van der Waals surface area contributed by atoms with Gasteiger partial charge < -0.3 is 9.97 Å². The van der Waals surface area contributed by atoms with Crippen LogP contribution in [-0.2, 0) is 22.4 Å². The Morgan fingerprint density at radius 3 is 1.65 bits per heavy atom. The smallest absolute Gasteiger partial charge is 0.333 e. The first kappa shape index (κ1) is 19.1. The molecule has 31 heavy (non-hydrogen) atoms. The van der Waals surface area contributed by atoms with Crippen molar-refractivity contribution in [1.29, 1.82) is 0 Å². The molecule has 4 amide bonds. The molecule has 160 valence electrons. The van der Waals surface area contributed by atoms with Crippen molar-refractivity contribution in [2.24, 2.45) is 0 Å². The average molecular weight is 418 g/mol. The molecule has 1 aliphatic heterocycles. The van der Waals surface area contributed by atoms with Gasteiger partial charge in [-0.2, -0.15) is 0 Å². The first-order valence-electron chi connectivity index (χ1n) is 10.4. The van der Waals surface area contributed by atoms with Crippen molar-refractivity contribution in [2.75, 3.05) is 13.1 Å². The predicted octanol–water partition coefficient (Wildman–Crippen LogP) is 4.11. The van der Waals surface area contributed by atoms with E-state index in [1.54, 1.807) is 0 Å². The standard InChI is InChI=1S/C24H22N4O3.2H2/c29-22-13-23(30)28(12-10-17-15-26-21-8-4-2-6-19(17)21)24(31)27(22)11-9-16-14-25-20-7-3-1-5-18(16)20;;/h1-8,14-15,25-26H,9-13H2;2*1H. The molecule has 0 bridgehead atoms. The molecule has 1 fully saturated rings. The molecule has 4 aromatic rings. The average Bonchev–Trinajstić information content (AvgIpc) is 3.38. The van der Waals surface area contributed by atoms with E-state index in [1.165, 1.54) is 9.80 Å². The Morgan fingerprint density at radius 2 is 1.16 bits per heavy atom. The van der Waals surface area contributed by atoms with E-state index >= 15 is 0 Å². The third kappa shape index (κ3) is 3.48. The van der Waals surface area contributed by atoms with Gasteiger partial charge in [-0.15, -0.1) is 0 Å². The van der Waals surface area contributed by atoms with E-state index in [0.717, 1.165) is 32.9 Å². The fraction of sp³-hybridized carbons (Fsp3) is 0.208. The van der Waals surface area contributed by atoms with Crippen LogP contribution in [0.4, 0.5) is 4.79 Å². The zero-order valence-electron chi connectivity index (χ0n) is 16.9. The molecule has 1 aliphatic rings. The predicted molar refractivity (Wildman–Crippen MR) is 122 cm³/mol. The summed E-state index contributed by atoms with van der Waals surface area (Å²) >= 11 is 0. The van der Waals surface area contributed by atoms with Gasteiger partial charge >= 0.3 is 6.03 Å². The number of aromatic nitrogens is 2. The van der Waals surface area contributed by atoms with E-state index in [0.29, 0.717) is 12.8 Å². The molecule has 0 aliphatic carbocycles.